The fraction of sp³-hybridized carbons (Fsp3) is 0.562. The lowest BCUT2D eigenvalue weighted by molar-refractivity contribution is -0.130. The van der Waals surface area contributed by atoms with Gasteiger partial charge in [-0.3, -0.25) is 14.6 Å². The van der Waals surface area contributed by atoms with Gasteiger partial charge in [0.25, 0.3) is 0 Å². The van der Waals surface area contributed by atoms with Crippen molar-refractivity contribution in [2.24, 2.45) is 0 Å². The lowest BCUT2D eigenvalue weighted by atomic mass is 10.2. The predicted molar refractivity (Wildman–Crippen MR) is 80.3 cm³/mol. The quantitative estimate of drug-likeness (QED) is 0.869. The molecule has 114 valence electrons. The minimum Gasteiger partial charge on any atom is -0.353 e. The molecule has 0 aliphatic heterocycles. The van der Waals surface area contributed by atoms with Gasteiger partial charge in [0.15, 0.2) is 0 Å². The molecule has 2 amide bonds. The lowest BCUT2D eigenvalue weighted by Crippen LogP contribution is -2.36. The van der Waals surface area contributed by atoms with Crippen molar-refractivity contribution >= 4 is 11.8 Å². The number of hydrogen-bond donors (Lipinski definition) is 1. The van der Waals surface area contributed by atoms with E-state index >= 15 is 0 Å². The van der Waals surface area contributed by atoms with Crippen molar-refractivity contribution in [2.45, 2.75) is 51.6 Å². The number of nitrogens with zero attached hydrogens (tertiary/aromatic N) is 2. The topological polar surface area (TPSA) is 62.3 Å². The highest BCUT2D eigenvalue weighted by Gasteiger charge is 2.18. The maximum absolute atomic E-state index is 11.9. The van der Waals surface area contributed by atoms with Crippen molar-refractivity contribution in [1.29, 1.82) is 0 Å². The molecule has 0 aromatic carbocycles. The van der Waals surface area contributed by atoms with Crippen molar-refractivity contribution < 1.29 is 9.59 Å². The van der Waals surface area contributed by atoms with Gasteiger partial charge < -0.3 is 10.2 Å². The van der Waals surface area contributed by atoms with Crippen LogP contribution in [0.15, 0.2) is 24.5 Å². The molecule has 1 aromatic rings. The van der Waals surface area contributed by atoms with Crippen LogP contribution in [-0.2, 0) is 16.1 Å². The molecule has 0 unspecified atom stereocenters. The van der Waals surface area contributed by atoms with Crippen LogP contribution in [0, 0.1) is 0 Å². The van der Waals surface area contributed by atoms with Gasteiger partial charge in [0.05, 0.1) is 0 Å². The number of carbonyl (C=O) groups excluding carboxylic acids is 2. The van der Waals surface area contributed by atoms with Crippen LogP contribution in [0.2, 0.25) is 0 Å². The summed E-state index contributed by atoms with van der Waals surface area (Å²) in [6.45, 7) is 2.51. The van der Waals surface area contributed by atoms with E-state index in [9.17, 15) is 9.59 Å². The molecule has 1 aliphatic carbocycles. The third kappa shape index (κ3) is 5.17. The first kappa shape index (κ1) is 15.5. The minimum absolute atomic E-state index is 0.0134. The van der Waals surface area contributed by atoms with E-state index < -0.39 is 0 Å². The summed E-state index contributed by atoms with van der Waals surface area (Å²) in [7, 11) is 0. The van der Waals surface area contributed by atoms with Gasteiger partial charge >= 0.3 is 0 Å². The molecular weight excluding hydrogens is 266 g/mol. The van der Waals surface area contributed by atoms with Gasteiger partial charge in [-0.1, -0.05) is 12.8 Å². The SMILES string of the molecule is CC(=O)N(CCC(=O)NC1CCCC1)Cc1ccncc1. The van der Waals surface area contributed by atoms with Gasteiger partial charge in [0.1, 0.15) is 0 Å². The monoisotopic (exact) mass is 289 g/mol. The summed E-state index contributed by atoms with van der Waals surface area (Å²) < 4.78 is 0. The first-order chi connectivity index (χ1) is 10.1. The summed E-state index contributed by atoms with van der Waals surface area (Å²) in [5.74, 6) is 0.0309. The Labute approximate surface area is 125 Å². The Balaban J connectivity index is 1.79. The Morgan fingerprint density at radius 3 is 2.57 bits per heavy atom. The molecule has 1 aromatic heterocycles. The maximum atomic E-state index is 11.9. The van der Waals surface area contributed by atoms with Crippen LogP contribution < -0.4 is 5.32 Å². The third-order valence-corrected chi connectivity index (χ3v) is 3.90. The van der Waals surface area contributed by atoms with Crippen molar-refractivity contribution in [3.63, 3.8) is 0 Å². The van der Waals surface area contributed by atoms with Crippen LogP contribution in [0.3, 0.4) is 0 Å². The summed E-state index contributed by atoms with van der Waals surface area (Å²) in [5, 5.41) is 3.05. The maximum Gasteiger partial charge on any atom is 0.221 e. The van der Waals surface area contributed by atoms with Crippen molar-refractivity contribution in [1.82, 2.24) is 15.2 Å². The largest absolute Gasteiger partial charge is 0.353 e. The molecule has 0 spiro atoms. The summed E-state index contributed by atoms with van der Waals surface area (Å²) in [6.07, 6.45) is 8.35. The van der Waals surface area contributed by atoms with Crippen LogP contribution in [-0.4, -0.2) is 34.3 Å². The van der Waals surface area contributed by atoms with Gasteiger partial charge in [0, 0.05) is 44.9 Å². The van der Waals surface area contributed by atoms with Gasteiger partial charge in [-0.2, -0.15) is 0 Å². The molecule has 5 nitrogen and oxygen atoms in total. The number of pyridine rings is 1. The summed E-state index contributed by atoms with van der Waals surface area (Å²) in [6, 6.07) is 4.10. The molecule has 0 saturated heterocycles. The van der Waals surface area contributed by atoms with Gasteiger partial charge in [-0.05, 0) is 30.5 Å². The number of nitrogens with one attached hydrogen (secondary N) is 1. The van der Waals surface area contributed by atoms with Crippen molar-refractivity contribution in [3.05, 3.63) is 30.1 Å². The Hall–Kier alpha value is -1.91. The Kier molecular flexibility index (Phi) is 5.72. The Bertz CT molecular complexity index is 470. The van der Waals surface area contributed by atoms with Gasteiger partial charge in [0.2, 0.25) is 11.8 Å². The number of amides is 2. The predicted octanol–water partition coefficient (Wildman–Crippen LogP) is 1.88. The van der Waals surface area contributed by atoms with Gasteiger partial charge in [-0.15, -0.1) is 0 Å². The van der Waals surface area contributed by atoms with E-state index in [4.69, 9.17) is 0 Å². The molecule has 21 heavy (non-hydrogen) atoms. The molecule has 1 saturated carbocycles. The van der Waals surface area contributed by atoms with E-state index in [0.717, 1.165) is 18.4 Å². The van der Waals surface area contributed by atoms with Crippen LogP contribution in [0.25, 0.3) is 0 Å². The molecule has 0 radical (unpaired) electrons. The van der Waals surface area contributed by atoms with Gasteiger partial charge in [-0.25, -0.2) is 0 Å². The van der Waals surface area contributed by atoms with Crippen LogP contribution in [0.4, 0.5) is 0 Å². The zero-order valence-electron chi connectivity index (χ0n) is 12.5. The van der Waals surface area contributed by atoms with E-state index in [-0.39, 0.29) is 11.8 Å². The number of hydrogen-bond acceptors (Lipinski definition) is 3. The molecule has 2 rings (SSSR count). The summed E-state index contributed by atoms with van der Waals surface area (Å²) >= 11 is 0. The average molecular weight is 289 g/mol. The summed E-state index contributed by atoms with van der Waals surface area (Å²) in [5.41, 5.74) is 1.02. The fourth-order valence-corrected chi connectivity index (χ4v) is 2.66. The molecular formula is C16H23N3O2. The van der Waals surface area contributed by atoms with Crippen LogP contribution in [0.1, 0.15) is 44.6 Å². The molecule has 1 aliphatic rings. The molecule has 1 heterocycles. The zero-order chi connectivity index (χ0) is 15.1. The molecule has 1 N–H and O–H groups in total. The number of carbonyl (C=O) groups is 2. The second-order valence-electron chi connectivity index (χ2n) is 5.59. The highest BCUT2D eigenvalue weighted by molar-refractivity contribution is 5.78. The standard InChI is InChI=1S/C16H23N3O2/c1-13(20)19(12-14-6-9-17-10-7-14)11-8-16(21)18-15-4-2-3-5-15/h6-7,9-10,15H,2-5,8,11-12H2,1H3,(H,18,21). The van der Waals surface area contributed by atoms with E-state index in [2.05, 4.69) is 10.3 Å². The van der Waals surface area contributed by atoms with Crippen molar-refractivity contribution in [3.8, 4) is 0 Å². The van der Waals surface area contributed by atoms with Crippen LogP contribution in [0.5, 0.6) is 0 Å². The molecule has 1 fully saturated rings. The van der Waals surface area contributed by atoms with E-state index in [1.807, 2.05) is 12.1 Å². The second kappa shape index (κ2) is 7.76. The van der Waals surface area contributed by atoms with Crippen molar-refractivity contribution in [2.75, 3.05) is 6.54 Å². The fourth-order valence-electron chi connectivity index (χ4n) is 2.66. The normalized spacial score (nSPS) is 14.9. The first-order valence-corrected chi connectivity index (χ1v) is 7.59. The van der Waals surface area contributed by atoms with E-state index in [1.165, 1.54) is 19.8 Å². The number of rotatable bonds is 6. The highest BCUT2D eigenvalue weighted by atomic mass is 16.2. The lowest BCUT2D eigenvalue weighted by Gasteiger charge is -2.21. The number of aromatic nitrogens is 1. The molecule has 0 bridgehead atoms. The average Bonchev–Trinajstić information content (AvgIpc) is 2.97. The Morgan fingerprint density at radius 2 is 1.95 bits per heavy atom. The highest BCUT2D eigenvalue weighted by Crippen LogP contribution is 2.17. The van der Waals surface area contributed by atoms with Crippen LogP contribution >= 0.6 is 0 Å². The van der Waals surface area contributed by atoms with E-state index in [0.29, 0.717) is 25.6 Å². The second-order valence-corrected chi connectivity index (χ2v) is 5.59. The minimum atomic E-state index is -0.0134. The molecule has 0 atom stereocenters. The Morgan fingerprint density at radius 1 is 1.29 bits per heavy atom. The zero-order valence-corrected chi connectivity index (χ0v) is 12.5. The summed E-state index contributed by atoms with van der Waals surface area (Å²) in [4.78, 5) is 29.3. The smallest absolute Gasteiger partial charge is 0.221 e. The van der Waals surface area contributed by atoms with E-state index in [1.54, 1.807) is 17.3 Å². The third-order valence-electron chi connectivity index (χ3n) is 3.90. The first-order valence-electron chi connectivity index (χ1n) is 7.59. The molecule has 5 heteroatoms.